The fourth-order valence-electron chi connectivity index (χ4n) is 2.09. The maximum absolute atomic E-state index is 12.9. The van der Waals surface area contributed by atoms with E-state index in [1.54, 1.807) is 6.07 Å². The molecule has 1 fully saturated rings. The Morgan fingerprint density at radius 3 is 2.75 bits per heavy atom. The summed E-state index contributed by atoms with van der Waals surface area (Å²) in [5.74, 6) is -0.262. The third kappa shape index (κ3) is 2.74. The van der Waals surface area contributed by atoms with Crippen LogP contribution in [0.25, 0.3) is 0 Å². The Morgan fingerprint density at radius 1 is 1.31 bits per heavy atom. The van der Waals surface area contributed by atoms with Crippen molar-refractivity contribution in [3.8, 4) is 0 Å². The van der Waals surface area contributed by atoms with Gasteiger partial charge in [-0.25, -0.2) is 4.39 Å². The van der Waals surface area contributed by atoms with Crippen LogP contribution < -0.4 is 5.32 Å². The van der Waals surface area contributed by atoms with E-state index in [9.17, 15) is 9.50 Å². The van der Waals surface area contributed by atoms with Gasteiger partial charge in [-0.1, -0.05) is 12.8 Å². The van der Waals surface area contributed by atoms with Gasteiger partial charge in [0.1, 0.15) is 5.82 Å². The Hall–Kier alpha value is -0.610. The lowest BCUT2D eigenvalue weighted by Crippen LogP contribution is -2.36. The first-order valence-electron chi connectivity index (χ1n) is 5.56. The molecule has 0 aliphatic heterocycles. The number of nitrogens with one attached hydrogen (secondary N) is 1. The zero-order chi connectivity index (χ0) is 11.5. The van der Waals surface area contributed by atoms with E-state index < -0.39 is 0 Å². The lowest BCUT2D eigenvalue weighted by atomic mass is 9.92. The molecule has 2 nitrogen and oxygen atoms in total. The zero-order valence-electron chi connectivity index (χ0n) is 8.92. The van der Waals surface area contributed by atoms with Gasteiger partial charge in [-0.15, -0.1) is 0 Å². The number of anilines is 1. The normalized spacial score (nSPS) is 25.4. The highest BCUT2D eigenvalue weighted by Crippen LogP contribution is 2.27. The van der Waals surface area contributed by atoms with E-state index in [0.29, 0.717) is 4.47 Å². The highest BCUT2D eigenvalue weighted by molar-refractivity contribution is 9.10. The van der Waals surface area contributed by atoms with Crippen LogP contribution in [0.2, 0.25) is 0 Å². The second kappa shape index (κ2) is 5.15. The van der Waals surface area contributed by atoms with Crippen molar-refractivity contribution in [3.63, 3.8) is 0 Å². The van der Waals surface area contributed by atoms with Gasteiger partial charge in [0, 0.05) is 10.2 Å². The number of rotatable bonds is 2. The Labute approximate surface area is 103 Å². The molecule has 0 radical (unpaired) electrons. The van der Waals surface area contributed by atoms with Crippen molar-refractivity contribution in [2.75, 3.05) is 5.32 Å². The van der Waals surface area contributed by atoms with E-state index in [-0.39, 0.29) is 18.0 Å². The van der Waals surface area contributed by atoms with E-state index in [4.69, 9.17) is 0 Å². The monoisotopic (exact) mass is 287 g/mol. The Balaban J connectivity index is 2.07. The summed E-state index contributed by atoms with van der Waals surface area (Å²) in [5, 5.41) is 13.1. The van der Waals surface area contributed by atoms with Crippen LogP contribution in [0.3, 0.4) is 0 Å². The number of benzene rings is 1. The van der Waals surface area contributed by atoms with Crippen molar-refractivity contribution in [2.24, 2.45) is 0 Å². The smallest absolute Gasteiger partial charge is 0.124 e. The molecular weight excluding hydrogens is 273 g/mol. The first-order chi connectivity index (χ1) is 7.66. The van der Waals surface area contributed by atoms with Crippen molar-refractivity contribution in [2.45, 2.75) is 37.8 Å². The molecule has 0 unspecified atom stereocenters. The van der Waals surface area contributed by atoms with Crippen LogP contribution in [0.15, 0.2) is 22.7 Å². The maximum atomic E-state index is 12.9. The highest BCUT2D eigenvalue weighted by Gasteiger charge is 2.23. The topological polar surface area (TPSA) is 32.3 Å². The molecule has 0 spiro atoms. The molecule has 0 amide bonds. The standard InChI is InChI=1S/C12H15BrFNO/c13-9-7-8(14)5-6-10(9)15-11-3-1-2-4-12(11)16/h5-7,11-12,15-16H,1-4H2/t11-,12-/m0/s1. The quantitative estimate of drug-likeness (QED) is 0.875. The number of hydrogen-bond acceptors (Lipinski definition) is 2. The number of aliphatic hydroxyl groups excluding tert-OH is 1. The molecule has 0 aromatic heterocycles. The van der Waals surface area contributed by atoms with Crippen molar-refractivity contribution in [1.82, 2.24) is 0 Å². The zero-order valence-corrected chi connectivity index (χ0v) is 10.5. The fourth-order valence-corrected chi connectivity index (χ4v) is 2.55. The molecule has 16 heavy (non-hydrogen) atoms. The Morgan fingerprint density at radius 2 is 2.06 bits per heavy atom. The molecule has 1 aromatic rings. The molecule has 1 saturated carbocycles. The average molecular weight is 288 g/mol. The molecule has 0 bridgehead atoms. The van der Waals surface area contributed by atoms with Gasteiger partial charge in [-0.3, -0.25) is 0 Å². The van der Waals surface area contributed by atoms with Crippen molar-refractivity contribution in [3.05, 3.63) is 28.5 Å². The summed E-state index contributed by atoms with van der Waals surface area (Å²) < 4.78 is 13.6. The molecule has 2 rings (SSSR count). The highest BCUT2D eigenvalue weighted by atomic mass is 79.9. The second-order valence-electron chi connectivity index (χ2n) is 4.23. The van der Waals surface area contributed by atoms with Crippen molar-refractivity contribution in [1.29, 1.82) is 0 Å². The van der Waals surface area contributed by atoms with E-state index in [1.807, 2.05) is 0 Å². The maximum Gasteiger partial charge on any atom is 0.124 e. The molecule has 4 heteroatoms. The van der Waals surface area contributed by atoms with Crippen LogP contribution in [-0.4, -0.2) is 17.3 Å². The van der Waals surface area contributed by atoms with Gasteiger partial charge in [0.2, 0.25) is 0 Å². The second-order valence-corrected chi connectivity index (χ2v) is 5.08. The lowest BCUT2D eigenvalue weighted by Gasteiger charge is -2.29. The van der Waals surface area contributed by atoms with Crippen LogP contribution in [0.1, 0.15) is 25.7 Å². The minimum Gasteiger partial charge on any atom is -0.391 e. The largest absolute Gasteiger partial charge is 0.391 e. The summed E-state index contributed by atoms with van der Waals surface area (Å²) in [5.41, 5.74) is 0.840. The first kappa shape index (κ1) is 11.9. The van der Waals surface area contributed by atoms with Gasteiger partial charge < -0.3 is 10.4 Å². The van der Waals surface area contributed by atoms with Crippen molar-refractivity contribution >= 4 is 21.6 Å². The minimum absolute atomic E-state index is 0.0792. The summed E-state index contributed by atoms with van der Waals surface area (Å²) >= 11 is 3.31. The molecule has 2 N–H and O–H groups in total. The van der Waals surface area contributed by atoms with Crippen LogP contribution >= 0.6 is 15.9 Å². The third-order valence-corrected chi connectivity index (χ3v) is 3.66. The summed E-state index contributed by atoms with van der Waals surface area (Å²) in [7, 11) is 0. The first-order valence-corrected chi connectivity index (χ1v) is 6.36. The van der Waals surface area contributed by atoms with E-state index in [0.717, 1.165) is 31.4 Å². The predicted molar refractivity (Wildman–Crippen MR) is 66.0 cm³/mol. The van der Waals surface area contributed by atoms with Crippen LogP contribution in [0.4, 0.5) is 10.1 Å². The molecule has 1 aromatic carbocycles. The third-order valence-electron chi connectivity index (χ3n) is 3.00. The summed E-state index contributed by atoms with van der Waals surface area (Å²) in [6.45, 7) is 0. The van der Waals surface area contributed by atoms with Crippen LogP contribution in [0.5, 0.6) is 0 Å². The number of hydrogen-bond donors (Lipinski definition) is 2. The van der Waals surface area contributed by atoms with Gasteiger partial charge in [-0.05, 0) is 47.0 Å². The molecule has 1 aliphatic carbocycles. The minimum atomic E-state index is -0.300. The molecule has 88 valence electrons. The lowest BCUT2D eigenvalue weighted by molar-refractivity contribution is 0.116. The molecule has 0 saturated heterocycles. The Bertz CT molecular complexity index is 372. The fraction of sp³-hybridized carbons (Fsp3) is 0.500. The van der Waals surface area contributed by atoms with Gasteiger partial charge in [0.05, 0.1) is 12.1 Å². The van der Waals surface area contributed by atoms with Crippen molar-refractivity contribution < 1.29 is 9.50 Å². The summed E-state index contributed by atoms with van der Waals surface area (Å²) in [6, 6.07) is 4.62. The molecule has 2 atom stereocenters. The number of halogens is 2. The van der Waals surface area contributed by atoms with E-state index in [2.05, 4.69) is 21.2 Å². The summed E-state index contributed by atoms with van der Waals surface area (Å²) in [6.07, 6.45) is 3.73. The van der Waals surface area contributed by atoms with E-state index >= 15 is 0 Å². The Kier molecular flexibility index (Phi) is 3.82. The van der Waals surface area contributed by atoms with Gasteiger partial charge >= 0.3 is 0 Å². The average Bonchev–Trinajstić information content (AvgIpc) is 2.25. The predicted octanol–water partition coefficient (Wildman–Crippen LogP) is 3.30. The molecule has 0 heterocycles. The van der Waals surface area contributed by atoms with Gasteiger partial charge in [0.15, 0.2) is 0 Å². The van der Waals surface area contributed by atoms with E-state index in [1.165, 1.54) is 12.1 Å². The van der Waals surface area contributed by atoms with Gasteiger partial charge in [0.25, 0.3) is 0 Å². The van der Waals surface area contributed by atoms with Crippen LogP contribution in [0, 0.1) is 5.82 Å². The summed E-state index contributed by atoms with van der Waals surface area (Å²) in [4.78, 5) is 0. The van der Waals surface area contributed by atoms with Crippen LogP contribution in [-0.2, 0) is 0 Å². The molecular formula is C12H15BrFNO. The molecule has 1 aliphatic rings. The van der Waals surface area contributed by atoms with Gasteiger partial charge in [-0.2, -0.15) is 0 Å². The number of aliphatic hydroxyl groups is 1. The SMILES string of the molecule is O[C@H]1CCCC[C@@H]1Nc1ccc(F)cc1Br.